The molecule has 0 saturated heterocycles. The van der Waals surface area contributed by atoms with Gasteiger partial charge in [0.15, 0.2) is 0 Å². The third kappa shape index (κ3) is 5.11. The number of carbonyl (C=O) groups is 1. The third-order valence-corrected chi connectivity index (χ3v) is 4.15. The van der Waals surface area contributed by atoms with Gasteiger partial charge >= 0.3 is 0 Å². The maximum atomic E-state index is 12.1. The molecule has 1 amide bonds. The first-order valence-electron chi connectivity index (χ1n) is 6.85. The number of rotatable bonds is 6. The average Bonchev–Trinajstić information content (AvgIpc) is 2.36. The third-order valence-electron chi connectivity index (χ3n) is 3.18. The maximum absolute atomic E-state index is 12.1. The summed E-state index contributed by atoms with van der Waals surface area (Å²) in [5, 5.41) is 2.96. The van der Waals surface area contributed by atoms with Gasteiger partial charge in [-0.15, -0.1) is 12.6 Å². The summed E-state index contributed by atoms with van der Waals surface area (Å²) < 4.78 is 0.789. The van der Waals surface area contributed by atoms with Crippen molar-refractivity contribution in [3.63, 3.8) is 0 Å². The molecule has 3 nitrogen and oxygen atoms in total. The van der Waals surface area contributed by atoms with Gasteiger partial charge in [0.2, 0.25) is 0 Å². The highest BCUT2D eigenvalue weighted by molar-refractivity contribution is 9.10. The molecular formula is C15H23BrN2OS. The quantitative estimate of drug-likeness (QED) is 0.761. The number of nitrogens with zero attached hydrogens (tertiary/aromatic N) is 1. The predicted octanol–water partition coefficient (Wildman–Crippen LogP) is 3.59. The van der Waals surface area contributed by atoms with Gasteiger partial charge in [0.1, 0.15) is 0 Å². The molecule has 1 aromatic carbocycles. The molecule has 0 heterocycles. The molecule has 1 aromatic rings. The molecule has 1 rings (SSSR count). The molecule has 0 aliphatic rings. The Kier molecular flexibility index (Phi) is 7.06. The van der Waals surface area contributed by atoms with Crippen LogP contribution in [0.5, 0.6) is 0 Å². The van der Waals surface area contributed by atoms with Crippen LogP contribution < -0.4 is 5.32 Å². The van der Waals surface area contributed by atoms with Crippen molar-refractivity contribution in [3.05, 3.63) is 28.2 Å². The van der Waals surface area contributed by atoms with Crippen LogP contribution in [0.25, 0.3) is 0 Å². The molecule has 0 aromatic heterocycles. The second kappa shape index (κ2) is 8.05. The molecule has 0 saturated carbocycles. The molecule has 0 unspecified atom stereocenters. The van der Waals surface area contributed by atoms with Crippen LogP contribution >= 0.6 is 28.6 Å². The summed E-state index contributed by atoms with van der Waals surface area (Å²) in [5.41, 5.74) is 0.623. The van der Waals surface area contributed by atoms with Gasteiger partial charge in [0.25, 0.3) is 5.91 Å². The molecule has 0 fully saturated rings. The van der Waals surface area contributed by atoms with Crippen molar-refractivity contribution in [3.8, 4) is 0 Å². The lowest BCUT2D eigenvalue weighted by Gasteiger charge is -2.30. The minimum Gasteiger partial charge on any atom is -0.351 e. The molecule has 112 valence electrons. The summed E-state index contributed by atoms with van der Waals surface area (Å²) in [6.45, 7) is 10.2. The number of carbonyl (C=O) groups excluding carboxylic acids is 1. The van der Waals surface area contributed by atoms with Crippen molar-refractivity contribution in [2.24, 2.45) is 0 Å². The first kappa shape index (κ1) is 17.5. The second-order valence-electron chi connectivity index (χ2n) is 5.35. The first-order chi connectivity index (χ1) is 9.32. The highest BCUT2D eigenvalue weighted by Crippen LogP contribution is 2.20. The minimum absolute atomic E-state index is 0.0692. The molecule has 1 N–H and O–H groups in total. The highest BCUT2D eigenvalue weighted by Gasteiger charge is 2.14. The van der Waals surface area contributed by atoms with Crippen LogP contribution in [0.15, 0.2) is 27.6 Å². The number of amides is 1. The zero-order chi connectivity index (χ0) is 15.3. The smallest absolute Gasteiger partial charge is 0.252 e. The molecular weight excluding hydrogens is 336 g/mol. The number of hydrogen-bond donors (Lipinski definition) is 2. The summed E-state index contributed by atoms with van der Waals surface area (Å²) in [4.78, 5) is 15.3. The van der Waals surface area contributed by atoms with Crippen molar-refractivity contribution >= 4 is 34.5 Å². The summed E-state index contributed by atoms with van der Waals surface area (Å²) >= 11 is 7.66. The van der Waals surface area contributed by atoms with Crippen molar-refractivity contribution in [2.75, 3.05) is 13.1 Å². The number of nitrogens with one attached hydrogen (secondary N) is 1. The van der Waals surface area contributed by atoms with Crippen molar-refractivity contribution in [1.82, 2.24) is 10.2 Å². The summed E-state index contributed by atoms with van der Waals surface area (Å²) in [6, 6.07) is 6.40. The van der Waals surface area contributed by atoms with E-state index in [9.17, 15) is 4.79 Å². The number of hydrogen-bond acceptors (Lipinski definition) is 3. The SMILES string of the molecule is CC(C)N(CCNC(=O)c1cc(S)ccc1Br)C(C)C. The van der Waals surface area contributed by atoms with Gasteiger partial charge in [-0.1, -0.05) is 0 Å². The van der Waals surface area contributed by atoms with E-state index in [2.05, 4.69) is 66.5 Å². The fraction of sp³-hybridized carbons (Fsp3) is 0.533. The van der Waals surface area contributed by atoms with Crippen LogP contribution in [0.1, 0.15) is 38.1 Å². The van der Waals surface area contributed by atoms with Crippen molar-refractivity contribution < 1.29 is 4.79 Å². The monoisotopic (exact) mass is 358 g/mol. The van der Waals surface area contributed by atoms with E-state index in [0.29, 0.717) is 24.2 Å². The number of thiol groups is 1. The van der Waals surface area contributed by atoms with E-state index >= 15 is 0 Å². The van der Waals surface area contributed by atoms with E-state index in [-0.39, 0.29) is 5.91 Å². The molecule has 0 radical (unpaired) electrons. The Morgan fingerprint density at radius 2 is 1.90 bits per heavy atom. The largest absolute Gasteiger partial charge is 0.351 e. The maximum Gasteiger partial charge on any atom is 0.252 e. The first-order valence-corrected chi connectivity index (χ1v) is 8.09. The fourth-order valence-corrected chi connectivity index (χ4v) is 2.82. The molecule has 0 spiro atoms. The lowest BCUT2D eigenvalue weighted by atomic mass is 10.2. The van der Waals surface area contributed by atoms with Gasteiger partial charge in [-0.2, -0.15) is 0 Å². The zero-order valence-corrected chi connectivity index (χ0v) is 15.0. The van der Waals surface area contributed by atoms with Gasteiger partial charge < -0.3 is 5.32 Å². The Morgan fingerprint density at radius 3 is 2.45 bits per heavy atom. The van der Waals surface area contributed by atoms with E-state index in [1.165, 1.54) is 0 Å². The van der Waals surface area contributed by atoms with Gasteiger partial charge in [0.05, 0.1) is 5.56 Å². The Bertz CT molecular complexity index is 455. The van der Waals surface area contributed by atoms with E-state index in [1.807, 2.05) is 12.1 Å². The molecule has 0 aliphatic heterocycles. The number of benzene rings is 1. The lowest BCUT2D eigenvalue weighted by Crippen LogP contribution is -2.42. The zero-order valence-electron chi connectivity index (χ0n) is 12.5. The van der Waals surface area contributed by atoms with E-state index in [4.69, 9.17) is 0 Å². The van der Waals surface area contributed by atoms with Crippen LogP contribution in [-0.2, 0) is 0 Å². The Balaban J connectivity index is 2.57. The fourth-order valence-electron chi connectivity index (χ4n) is 2.19. The summed E-state index contributed by atoms with van der Waals surface area (Å²) in [7, 11) is 0. The average molecular weight is 359 g/mol. The van der Waals surface area contributed by atoms with Crippen molar-refractivity contribution in [2.45, 2.75) is 44.7 Å². The van der Waals surface area contributed by atoms with Crippen LogP contribution in [0, 0.1) is 0 Å². The van der Waals surface area contributed by atoms with Crippen LogP contribution in [0.3, 0.4) is 0 Å². The van der Waals surface area contributed by atoms with Crippen LogP contribution in [-0.4, -0.2) is 36.0 Å². The van der Waals surface area contributed by atoms with Gasteiger partial charge in [0, 0.05) is 34.5 Å². The van der Waals surface area contributed by atoms with Gasteiger partial charge in [-0.05, 0) is 61.8 Å². The molecule has 5 heteroatoms. The number of halogens is 1. The van der Waals surface area contributed by atoms with Crippen LogP contribution in [0.2, 0.25) is 0 Å². The standard InChI is InChI=1S/C15H23BrN2OS/c1-10(2)18(11(3)4)8-7-17-15(19)13-9-12(20)5-6-14(13)16/h5-6,9-11,20H,7-8H2,1-4H3,(H,17,19). The molecule has 0 atom stereocenters. The normalized spacial score (nSPS) is 11.4. The second-order valence-corrected chi connectivity index (χ2v) is 6.72. The van der Waals surface area contributed by atoms with E-state index in [0.717, 1.165) is 15.9 Å². The van der Waals surface area contributed by atoms with Crippen molar-refractivity contribution in [1.29, 1.82) is 0 Å². The molecule has 0 bridgehead atoms. The molecule has 20 heavy (non-hydrogen) atoms. The Labute approximate surface area is 135 Å². The Morgan fingerprint density at radius 1 is 1.30 bits per heavy atom. The van der Waals surface area contributed by atoms with E-state index < -0.39 is 0 Å². The summed E-state index contributed by atoms with van der Waals surface area (Å²) in [5.74, 6) is -0.0692. The summed E-state index contributed by atoms with van der Waals surface area (Å²) in [6.07, 6.45) is 0. The van der Waals surface area contributed by atoms with Gasteiger partial charge in [-0.25, -0.2) is 0 Å². The van der Waals surface area contributed by atoms with Gasteiger partial charge in [-0.3, -0.25) is 9.69 Å². The Hall–Kier alpha value is -0.520. The predicted molar refractivity (Wildman–Crippen MR) is 90.7 cm³/mol. The highest BCUT2D eigenvalue weighted by atomic mass is 79.9. The lowest BCUT2D eigenvalue weighted by molar-refractivity contribution is 0.0938. The topological polar surface area (TPSA) is 32.3 Å². The van der Waals surface area contributed by atoms with E-state index in [1.54, 1.807) is 6.07 Å². The molecule has 0 aliphatic carbocycles. The van der Waals surface area contributed by atoms with Crippen LogP contribution in [0.4, 0.5) is 0 Å². The minimum atomic E-state index is -0.0692.